The quantitative estimate of drug-likeness (QED) is 0.481. The fraction of sp³-hybridized carbons (Fsp3) is 0.235. The summed E-state index contributed by atoms with van der Waals surface area (Å²) in [6, 6.07) is 6.34. The molecule has 0 spiro atoms. The minimum absolute atomic E-state index is 0.0494. The van der Waals surface area contributed by atoms with Gasteiger partial charge in [-0.05, 0) is 60.4 Å². The van der Waals surface area contributed by atoms with Crippen LogP contribution in [0.5, 0.6) is 0 Å². The maximum absolute atomic E-state index is 11.9. The van der Waals surface area contributed by atoms with Gasteiger partial charge in [-0.2, -0.15) is 0 Å². The average molecular weight is 318 g/mol. The standard InChI is InChI=1S/C17H16ClNO3/c1-10(2)14-9-16(20)11(3)8-15(14)19-22-17(21)12-4-6-13(18)7-5-12/h4-10H,1-3H3. The van der Waals surface area contributed by atoms with E-state index in [2.05, 4.69) is 5.16 Å². The Bertz CT molecular complexity index is 697. The second-order valence-electron chi connectivity index (χ2n) is 5.31. The lowest BCUT2D eigenvalue weighted by molar-refractivity contribution is -0.111. The van der Waals surface area contributed by atoms with Crippen molar-refractivity contribution in [3.63, 3.8) is 0 Å². The molecule has 2 rings (SSSR count). The van der Waals surface area contributed by atoms with E-state index >= 15 is 0 Å². The molecule has 4 nitrogen and oxygen atoms in total. The van der Waals surface area contributed by atoms with Gasteiger partial charge in [0, 0.05) is 5.02 Å². The zero-order chi connectivity index (χ0) is 16.3. The fourth-order valence-corrected chi connectivity index (χ4v) is 2.09. The van der Waals surface area contributed by atoms with Crippen LogP contribution in [0, 0.1) is 5.92 Å². The first-order chi connectivity index (χ1) is 10.4. The van der Waals surface area contributed by atoms with E-state index in [-0.39, 0.29) is 11.7 Å². The highest BCUT2D eigenvalue weighted by Gasteiger charge is 2.19. The van der Waals surface area contributed by atoms with E-state index in [0.717, 1.165) is 5.57 Å². The van der Waals surface area contributed by atoms with Crippen molar-refractivity contribution in [2.45, 2.75) is 20.8 Å². The summed E-state index contributed by atoms with van der Waals surface area (Å²) in [7, 11) is 0. The van der Waals surface area contributed by atoms with E-state index in [1.807, 2.05) is 13.8 Å². The third-order valence-corrected chi connectivity index (χ3v) is 3.51. The van der Waals surface area contributed by atoms with Crippen molar-refractivity contribution >= 4 is 29.1 Å². The van der Waals surface area contributed by atoms with Gasteiger partial charge in [-0.15, -0.1) is 0 Å². The molecule has 0 fully saturated rings. The van der Waals surface area contributed by atoms with Crippen LogP contribution >= 0.6 is 11.6 Å². The maximum Gasteiger partial charge on any atom is 0.365 e. The number of rotatable bonds is 3. The largest absolute Gasteiger partial charge is 0.365 e. The summed E-state index contributed by atoms with van der Waals surface area (Å²) in [4.78, 5) is 28.6. The molecule has 0 aromatic heterocycles. The van der Waals surface area contributed by atoms with Gasteiger partial charge in [-0.1, -0.05) is 30.6 Å². The minimum Gasteiger partial charge on any atom is -0.312 e. The molecule has 0 aliphatic heterocycles. The van der Waals surface area contributed by atoms with E-state index in [0.29, 0.717) is 21.9 Å². The molecule has 0 saturated heterocycles. The summed E-state index contributed by atoms with van der Waals surface area (Å²) >= 11 is 5.77. The summed E-state index contributed by atoms with van der Waals surface area (Å²) in [6.45, 7) is 5.60. The second-order valence-corrected chi connectivity index (χ2v) is 5.74. The van der Waals surface area contributed by atoms with Gasteiger partial charge >= 0.3 is 5.97 Å². The molecule has 1 aromatic carbocycles. The Morgan fingerprint density at radius 2 is 1.82 bits per heavy atom. The topological polar surface area (TPSA) is 55.7 Å². The molecular weight excluding hydrogens is 302 g/mol. The van der Waals surface area contributed by atoms with Gasteiger partial charge in [-0.25, -0.2) is 4.79 Å². The summed E-state index contributed by atoms with van der Waals surface area (Å²) in [5, 5.41) is 4.45. The number of hydrogen-bond donors (Lipinski definition) is 0. The molecule has 0 bridgehead atoms. The average Bonchev–Trinajstić information content (AvgIpc) is 2.48. The predicted molar refractivity (Wildman–Crippen MR) is 86.0 cm³/mol. The van der Waals surface area contributed by atoms with Crippen LogP contribution in [0.3, 0.4) is 0 Å². The second kappa shape index (κ2) is 6.71. The summed E-state index contributed by atoms with van der Waals surface area (Å²) < 4.78 is 0. The third kappa shape index (κ3) is 3.71. The van der Waals surface area contributed by atoms with Crippen LogP contribution in [-0.2, 0) is 9.63 Å². The molecule has 0 saturated carbocycles. The number of carbonyl (C=O) groups is 2. The predicted octanol–water partition coefficient (Wildman–Crippen LogP) is 3.96. The Labute approximate surface area is 134 Å². The van der Waals surface area contributed by atoms with Crippen molar-refractivity contribution in [3.8, 4) is 0 Å². The molecule has 1 aliphatic carbocycles. The van der Waals surface area contributed by atoms with Gasteiger partial charge in [0.15, 0.2) is 5.78 Å². The number of carbonyl (C=O) groups excluding carboxylic acids is 2. The molecule has 0 amide bonds. The number of halogens is 1. The molecule has 1 aromatic rings. The normalized spacial score (nSPS) is 16.6. The maximum atomic E-state index is 11.9. The van der Waals surface area contributed by atoms with Crippen molar-refractivity contribution in [2.75, 3.05) is 0 Å². The van der Waals surface area contributed by atoms with E-state index in [9.17, 15) is 9.59 Å². The van der Waals surface area contributed by atoms with Crippen molar-refractivity contribution in [1.29, 1.82) is 0 Å². The lowest BCUT2D eigenvalue weighted by Crippen LogP contribution is -2.16. The minimum atomic E-state index is -0.574. The van der Waals surface area contributed by atoms with Gasteiger partial charge in [0.05, 0.1) is 5.56 Å². The fourth-order valence-electron chi connectivity index (χ4n) is 1.96. The molecule has 0 N–H and O–H groups in total. The molecule has 114 valence electrons. The van der Waals surface area contributed by atoms with E-state index in [4.69, 9.17) is 16.4 Å². The number of hydrogen-bond acceptors (Lipinski definition) is 4. The Kier molecular flexibility index (Phi) is 4.93. The number of ketones is 1. The van der Waals surface area contributed by atoms with Gasteiger partial charge in [0.25, 0.3) is 0 Å². The van der Waals surface area contributed by atoms with Crippen LogP contribution in [0.15, 0.2) is 52.7 Å². The summed E-state index contributed by atoms with van der Waals surface area (Å²) in [5.74, 6) is -0.525. The first-order valence-corrected chi connectivity index (χ1v) is 7.25. The Morgan fingerprint density at radius 3 is 2.41 bits per heavy atom. The van der Waals surface area contributed by atoms with Crippen molar-refractivity contribution in [2.24, 2.45) is 11.1 Å². The number of oxime groups is 1. The molecule has 0 unspecified atom stereocenters. The lowest BCUT2D eigenvalue weighted by Gasteiger charge is -2.15. The molecule has 0 heterocycles. The van der Waals surface area contributed by atoms with Gasteiger partial charge in [-0.3, -0.25) is 4.79 Å². The molecule has 22 heavy (non-hydrogen) atoms. The molecule has 1 aliphatic rings. The van der Waals surface area contributed by atoms with Gasteiger partial charge in [0.2, 0.25) is 0 Å². The number of nitrogens with zero attached hydrogens (tertiary/aromatic N) is 1. The van der Waals surface area contributed by atoms with Crippen LogP contribution in [0.25, 0.3) is 0 Å². The highest BCUT2D eigenvalue weighted by atomic mass is 35.5. The lowest BCUT2D eigenvalue weighted by atomic mass is 9.90. The van der Waals surface area contributed by atoms with Crippen LogP contribution in [-0.4, -0.2) is 17.5 Å². The zero-order valence-electron chi connectivity index (χ0n) is 12.6. The van der Waals surface area contributed by atoms with E-state index < -0.39 is 5.97 Å². The summed E-state index contributed by atoms with van der Waals surface area (Å²) in [5.41, 5.74) is 2.16. The smallest absolute Gasteiger partial charge is 0.312 e. The number of benzene rings is 1. The first-order valence-electron chi connectivity index (χ1n) is 6.88. The summed E-state index contributed by atoms with van der Waals surface area (Å²) in [6.07, 6.45) is 3.17. The van der Waals surface area contributed by atoms with Crippen LogP contribution in [0.1, 0.15) is 31.1 Å². The van der Waals surface area contributed by atoms with E-state index in [1.165, 1.54) is 6.08 Å². The molecule has 0 atom stereocenters. The highest BCUT2D eigenvalue weighted by molar-refractivity contribution is 6.30. The molecule has 5 heteroatoms. The first kappa shape index (κ1) is 16.2. The van der Waals surface area contributed by atoms with E-state index in [1.54, 1.807) is 37.3 Å². The monoisotopic (exact) mass is 317 g/mol. The Hall–Kier alpha value is -2.20. The van der Waals surface area contributed by atoms with Crippen LogP contribution < -0.4 is 0 Å². The Balaban J connectivity index is 2.20. The van der Waals surface area contributed by atoms with Crippen LogP contribution in [0.2, 0.25) is 5.02 Å². The Morgan fingerprint density at radius 1 is 1.18 bits per heavy atom. The zero-order valence-corrected chi connectivity index (χ0v) is 13.3. The van der Waals surface area contributed by atoms with Gasteiger partial charge in [0.1, 0.15) is 5.71 Å². The van der Waals surface area contributed by atoms with Crippen molar-refractivity contribution < 1.29 is 14.4 Å². The molecule has 0 radical (unpaired) electrons. The van der Waals surface area contributed by atoms with Gasteiger partial charge < -0.3 is 4.84 Å². The van der Waals surface area contributed by atoms with Crippen molar-refractivity contribution in [1.82, 2.24) is 0 Å². The third-order valence-electron chi connectivity index (χ3n) is 3.25. The van der Waals surface area contributed by atoms with Crippen molar-refractivity contribution in [3.05, 3.63) is 58.1 Å². The number of allylic oxidation sites excluding steroid dienone is 4. The highest BCUT2D eigenvalue weighted by Crippen LogP contribution is 2.20. The SMILES string of the molecule is CC1=CC(=NOC(=O)c2ccc(Cl)cc2)C(C(C)C)=CC1=O. The molecular formula is C17H16ClNO3. The van der Waals surface area contributed by atoms with Crippen LogP contribution in [0.4, 0.5) is 0 Å².